The van der Waals surface area contributed by atoms with Crippen LogP contribution in [0.25, 0.3) is 0 Å². The number of ether oxygens (including phenoxy) is 2. The van der Waals surface area contributed by atoms with Gasteiger partial charge in [-0.05, 0) is 48.4 Å². The Morgan fingerprint density at radius 3 is 2.17 bits per heavy atom. The van der Waals surface area contributed by atoms with Crippen molar-refractivity contribution in [1.82, 2.24) is 4.90 Å². The maximum atomic E-state index is 12.3. The second kappa shape index (κ2) is 8.22. The summed E-state index contributed by atoms with van der Waals surface area (Å²) in [6, 6.07) is 15.1. The van der Waals surface area contributed by atoms with Crippen LogP contribution in [-0.4, -0.2) is 38.1 Å². The highest BCUT2D eigenvalue weighted by atomic mass is 16.5. The van der Waals surface area contributed by atoms with Gasteiger partial charge in [0.1, 0.15) is 18.1 Å². The lowest BCUT2D eigenvalue weighted by atomic mass is 10.1. The first-order chi connectivity index (χ1) is 11.1. The van der Waals surface area contributed by atoms with Gasteiger partial charge in [0.25, 0.3) is 5.91 Å². The van der Waals surface area contributed by atoms with E-state index in [0.717, 1.165) is 17.9 Å². The van der Waals surface area contributed by atoms with Gasteiger partial charge < -0.3 is 14.4 Å². The van der Waals surface area contributed by atoms with E-state index < -0.39 is 0 Å². The van der Waals surface area contributed by atoms with Crippen molar-refractivity contribution < 1.29 is 14.3 Å². The molecule has 0 atom stereocenters. The lowest BCUT2D eigenvalue weighted by molar-refractivity contribution is 0.0774. The van der Waals surface area contributed by atoms with E-state index in [4.69, 9.17) is 9.47 Å². The number of carbonyl (C=O) groups is 1. The van der Waals surface area contributed by atoms with Crippen molar-refractivity contribution in [3.63, 3.8) is 0 Å². The summed E-state index contributed by atoms with van der Waals surface area (Å²) in [5.41, 5.74) is 1.93. The molecule has 2 rings (SSSR count). The van der Waals surface area contributed by atoms with E-state index in [1.807, 2.05) is 48.5 Å². The molecule has 0 N–H and O–H groups in total. The Kier molecular flexibility index (Phi) is 6.03. The van der Waals surface area contributed by atoms with Gasteiger partial charge in [0.2, 0.25) is 0 Å². The fourth-order valence-electron chi connectivity index (χ4n) is 2.18. The second-order valence-electron chi connectivity index (χ2n) is 5.30. The number of hydrogen-bond donors (Lipinski definition) is 0. The Hall–Kier alpha value is -2.49. The number of carbonyl (C=O) groups excluding carboxylic acids is 1. The highest BCUT2D eigenvalue weighted by Gasteiger charge is 2.11. The van der Waals surface area contributed by atoms with Crippen LogP contribution in [-0.2, 0) is 6.42 Å². The van der Waals surface area contributed by atoms with Crippen molar-refractivity contribution in [2.75, 3.05) is 27.3 Å². The fraction of sp³-hybridized carbons (Fsp3) is 0.316. The first-order valence-electron chi connectivity index (χ1n) is 7.75. The van der Waals surface area contributed by atoms with E-state index in [9.17, 15) is 4.79 Å². The maximum absolute atomic E-state index is 12.3. The molecule has 0 bridgehead atoms. The van der Waals surface area contributed by atoms with Crippen molar-refractivity contribution in [3.05, 3.63) is 59.7 Å². The molecule has 2 aromatic carbocycles. The number of benzene rings is 2. The zero-order valence-electron chi connectivity index (χ0n) is 13.9. The molecule has 0 spiro atoms. The van der Waals surface area contributed by atoms with Crippen LogP contribution < -0.4 is 9.47 Å². The second-order valence-corrected chi connectivity index (χ2v) is 5.30. The summed E-state index contributed by atoms with van der Waals surface area (Å²) in [6.07, 6.45) is 0.972. The van der Waals surface area contributed by atoms with Crippen LogP contribution in [0.4, 0.5) is 0 Å². The van der Waals surface area contributed by atoms with Crippen LogP contribution in [0.3, 0.4) is 0 Å². The molecule has 0 heterocycles. The van der Waals surface area contributed by atoms with Crippen LogP contribution in [0.5, 0.6) is 11.5 Å². The summed E-state index contributed by atoms with van der Waals surface area (Å²) in [5.74, 6) is 1.56. The van der Waals surface area contributed by atoms with Gasteiger partial charge in [-0.1, -0.05) is 19.1 Å². The summed E-state index contributed by atoms with van der Waals surface area (Å²) in [4.78, 5) is 14.0. The van der Waals surface area contributed by atoms with Crippen LogP contribution in [0, 0.1) is 0 Å². The molecule has 0 fully saturated rings. The van der Waals surface area contributed by atoms with Gasteiger partial charge in [-0.3, -0.25) is 4.79 Å². The minimum atomic E-state index is 0.00554. The number of rotatable bonds is 7. The van der Waals surface area contributed by atoms with Gasteiger partial charge >= 0.3 is 0 Å². The Bertz CT molecular complexity index is 620. The van der Waals surface area contributed by atoms with Crippen molar-refractivity contribution >= 4 is 5.91 Å². The van der Waals surface area contributed by atoms with Crippen LogP contribution in [0.15, 0.2) is 48.5 Å². The van der Waals surface area contributed by atoms with Gasteiger partial charge in [-0.15, -0.1) is 0 Å². The summed E-state index contributed by atoms with van der Waals surface area (Å²) in [7, 11) is 3.41. The van der Waals surface area contributed by atoms with E-state index in [2.05, 4.69) is 6.92 Å². The van der Waals surface area contributed by atoms with E-state index in [1.165, 1.54) is 5.56 Å². The molecule has 0 radical (unpaired) electrons. The molecule has 4 nitrogen and oxygen atoms in total. The highest BCUT2D eigenvalue weighted by molar-refractivity contribution is 5.94. The van der Waals surface area contributed by atoms with E-state index in [1.54, 1.807) is 19.1 Å². The Morgan fingerprint density at radius 1 is 1.00 bits per heavy atom. The van der Waals surface area contributed by atoms with Crippen LogP contribution >= 0.6 is 0 Å². The smallest absolute Gasteiger partial charge is 0.253 e. The normalized spacial score (nSPS) is 10.2. The largest absolute Gasteiger partial charge is 0.497 e. The molecule has 122 valence electrons. The van der Waals surface area contributed by atoms with Gasteiger partial charge in [0, 0.05) is 12.6 Å². The predicted molar refractivity (Wildman–Crippen MR) is 91.3 cm³/mol. The average Bonchev–Trinajstić information content (AvgIpc) is 2.61. The lowest BCUT2D eigenvalue weighted by Crippen LogP contribution is -2.30. The van der Waals surface area contributed by atoms with Gasteiger partial charge in [0.15, 0.2) is 0 Å². The minimum Gasteiger partial charge on any atom is -0.497 e. The van der Waals surface area contributed by atoms with Crippen LogP contribution in [0.1, 0.15) is 22.8 Å². The number of hydrogen-bond acceptors (Lipinski definition) is 3. The third-order valence-corrected chi connectivity index (χ3v) is 3.71. The number of nitrogens with zero attached hydrogens (tertiary/aromatic N) is 1. The summed E-state index contributed by atoms with van der Waals surface area (Å²) >= 11 is 0. The van der Waals surface area contributed by atoms with Crippen molar-refractivity contribution in [2.45, 2.75) is 13.3 Å². The average molecular weight is 313 g/mol. The maximum Gasteiger partial charge on any atom is 0.253 e. The standard InChI is InChI=1S/C19H23NO3/c1-4-15-5-7-16(8-6-15)19(21)20(2)13-14-23-18-11-9-17(22-3)10-12-18/h5-12H,4,13-14H2,1-3H3. The molecule has 0 saturated carbocycles. The van der Waals surface area contributed by atoms with Crippen LogP contribution in [0.2, 0.25) is 0 Å². The predicted octanol–water partition coefficient (Wildman–Crippen LogP) is 3.41. The fourth-order valence-corrected chi connectivity index (χ4v) is 2.18. The minimum absolute atomic E-state index is 0.00554. The molecule has 0 aliphatic heterocycles. The quantitative estimate of drug-likeness (QED) is 0.786. The summed E-state index contributed by atoms with van der Waals surface area (Å²) in [6.45, 7) is 3.07. The third kappa shape index (κ3) is 4.74. The van der Waals surface area contributed by atoms with Gasteiger partial charge in [0.05, 0.1) is 13.7 Å². The van der Waals surface area contributed by atoms with E-state index in [-0.39, 0.29) is 5.91 Å². The lowest BCUT2D eigenvalue weighted by Gasteiger charge is -2.18. The zero-order chi connectivity index (χ0) is 16.7. The Morgan fingerprint density at radius 2 is 1.61 bits per heavy atom. The SMILES string of the molecule is CCc1ccc(C(=O)N(C)CCOc2ccc(OC)cc2)cc1. The first kappa shape index (κ1) is 16.9. The zero-order valence-corrected chi connectivity index (χ0v) is 13.9. The number of amides is 1. The molecule has 23 heavy (non-hydrogen) atoms. The summed E-state index contributed by atoms with van der Waals surface area (Å²) in [5, 5.41) is 0. The molecular weight excluding hydrogens is 290 g/mol. The van der Waals surface area contributed by atoms with Crippen molar-refractivity contribution in [1.29, 1.82) is 0 Å². The molecule has 0 aliphatic rings. The molecular formula is C19H23NO3. The molecule has 0 aliphatic carbocycles. The molecule has 1 amide bonds. The molecule has 0 saturated heterocycles. The van der Waals surface area contributed by atoms with Gasteiger partial charge in [-0.25, -0.2) is 0 Å². The van der Waals surface area contributed by atoms with Gasteiger partial charge in [-0.2, -0.15) is 0 Å². The van der Waals surface area contributed by atoms with Crippen molar-refractivity contribution in [2.24, 2.45) is 0 Å². The third-order valence-electron chi connectivity index (χ3n) is 3.71. The summed E-state index contributed by atoms with van der Waals surface area (Å²) < 4.78 is 10.7. The topological polar surface area (TPSA) is 38.8 Å². The Balaban J connectivity index is 1.83. The van der Waals surface area contributed by atoms with Crippen molar-refractivity contribution in [3.8, 4) is 11.5 Å². The molecule has 0 aromatic heterocycles. The number of aryl methyl sites for hydroxylation is 1. The molecule has 2 aromatic rings. The number of methoxy groups -OCH3 is 1. The highest BCUT2D eigenvalue weighted by Crippen LogP contribution is 2.17. The first-order valence-corrected chi connectivity index (χ1v) is 7.75. The number of likely N-dealkylation sites (N-methyl/N-ethyl adjacent to an activating group) is 1. The molecule has 0 unspecified atom stereocenters. The van der Waals surface area contributed by atoms with E-state index in [0.29, 0.717) is 18.7 Å². The Labute approximate surface area is 137 Å². The van der Waals surface area contributed by atoms with E-state index >= 15 is 0 Å². The molecule has 4 heteroatoms. The monoisotopic (exact) mass is 313 g/mol.